The van der Waals surface area contributed by atoms with Gasteiger partial charge in [-0.15, -0.1) is 0 Å². The predicted octanol–water partition coefficient (Wildman–Crippen LogP) is 0.199. The number of carboxylic acid groups (broad SMARTS) is 1. The maximum Gasteiger partial charge on any atom is 0.341 e. The Labute approximate surface area is 122 Å². The lowest BCUT2D eigenvalue weighted by atomic mass is 10.2. The van der Waals surface area contributed by atoms with Crippen molar-refractivity contribution in [1.29, 1.82) is 0 Å². The third-order valence-corrected chi connectivity index (χ3v) is 4.24. The monoisotopic (exact) mass is 315 g/mol. The number of carbonyl (C=O) groups excluding carboxylic acids is 1. The Morgan fingerprint density at radius 3 is 2.62 bits per heavy atom. The summed E-state index contributed by atoms with van der Waals surface area (Å²) < 4.78 is 27.5. The molecule has 1 aromatic rings. The van der Waals surface area contributed by atoms with Gasteiger partial charge in [0.15, 0.2) is 16.4 Å². The van der Waals surface area contributed by atoms with Crippen molar-refractivity contribution >= 4 is 21.7 Å². The Hall–Kier alpha value is -2.09. The van der Waals surface area contributed by atoms with Crippen LogP contribution in [0.25, 0.3) is 0 Å². The van der Waals surface area contributed by atoms with E-state index in [1.54, 1.807) is 24.3 Å². The van der Waals surface area contributed by atoms with Crippen LogP contribution < -0.4 is 10.1 Å². The Morgan fingerprint density at radius 1 is 1.38 bits per heavy atom. The molecule has 0 spiro atoms. The molecule has 0 fully saturated rings. The molecule has 7 nitrogen and oxygen atoms in total. The fourth-order valence-electron chi connectivity index (χ4n) is 1.42. The first-order chi connectivity index (χ1) is 9.70. The Morgan fingerprint density at radius 2 is 2.05 bits per heavy atom. The number of hydrogen-bond donors (Lipinski definition) is 2. The van der Waals surface area contributed by atoms with Crippen LogP contribution in [0.4, 0.5) is 0 Å². The van der Waals surface area contributed by atoms with Crippen molar-refractivity contribution in [2.75, 3.05) is 12.9 Å². The molecule has 0 saturated heterocycles. The van der Waals surface area contributed by atoms with Gasteiger partial charge in [-0.2, -0.15) is 0 Å². The topological polar surface area (TPSA) is 110 Å². The number of hydrogen-bond acceptors (Lipinski definition) is 5. The Kier molecular flexibility index (Phi) is 5.71. The molecule has 0 radical (unpaired) electrons. The van der Waals surface area contributed by atoms with E-state index in [1.165, 1.54) is 6.92 Å². The second-order valence-corrected chi connectivity index (χ2v) is 6.89. The third kappa shape index (κ3) is 5.82. The van der Waals surface area contributed by atoms with Crippen molar-refractivity contribution in [3.8, 4) is 5.75 Å². The first-order valence-corrected chi connectivity index (χ1v) is 8.05. The molecule has 8 heteroatoms. The second-order valence-electron chi connectivity index (χ2n) is 4.52. The van der Waals surface area contributed by atoms with Gasteiger partial charge < -0.3 is 15.2 Å². The highest BCUT2D eigenvalue weighted by atomic mass is 32.2. The van der Waals surface area contributed by atoms with Crippen molar-refractivity contribution < 1.29 is 27.9 Å². The molecule has 116 valence electrons. The van der Waals surface area contributed by atoms with E-state index in [0.29, 0.717) is 11.3 Å². The van der Waals surface area contributed by atoms with Gasteiger partial charge in [-0.05, 0) is 24.6 Å². The Balaban J connectivity index is 2.62. The number of ether oxygens (including phenoxy) is 1. The third-order valence-electron chi connectivity index (χ3n) is 2.74. The molecule has 1 aromatic carbocycles. The van der Waals surface area contributed by atoms with Gasteiger partial charge in [0.05, 0.1) is 0 Å². The molecule has 21 heavy (non-hydrogen) atoms. The van der Waals surface area contributed by atoms with E-state index in [0.717, 1.165) is 6.26 Å². The summed E-state index contributed by atoms with van der Waals surface area (Å²) in [7, 11) is -3.43. The first-order valence-electron chi connectivity index (χ1n) is 6.10. The van der Waals surface area contributed by atoms with Gasteiger partial charge in [0.2, 0.25) is 5.91 Å². The lowest BCUT2D eigenvalue weighted by molar-refractivity contribution is -0.139. The highest BCUT2D eigenvalue weighted by Crippen LogP contribution is 2.13. The quantitative estimate of drug-likeness (QED) is 0.744. The maximum absolute atomic E-state index is 11.7. The zero-order valence-electron chi connectivity index (χ0n) is 11.7. The van der Waals surface area contributed by atoms with E-state index in [4.69, 9.17) is 9.84 Å². The number of aliphatic carboxylic acids is 1. The molecule has 0 aromatic heterocycles. The molecular weight excluding hydrogens is 298 g/mol. The summed E-state index contributed by atoms with van der Waals surface area (Å²) in [6, 6.07) is 6.53. The zero-order chi connectivity index (χ0) is 16.0. The second kappa shape index (κ2) is 7.07. The van der Waals surface area contributed by atoms with Crippen molar-refractivity contribution in [2.24, 2.45) is 0 Å². The van der Waals surface area contributed by atoms with E-state index in [1.807, 2.05) is 0 Å². The van der Waals surface area contributed by atoms with Crippen LogP contribution in [0.15, 0.2) is 24.3 Å². The summed E-state index contributed by atoms with van der Waals surface area (Å²) in [5.74, 6) is -1.31. The zero-order valence-corrected chi connectivity index (χ0v) is 12.5. The van der Waals surface area contributed by atoms with Crippen molar-refractivity contribution in [2.45, 2.75) is 18.7 Å². The number of rotatable bonds is 7. The van der Waals surface area contributed by atoms with Crippen LogP contribution in [0, 0.1) is 0 Å². The fourth-order valence-corrected chi connectivity index (χ4v) is 1.89. The molecule has 1 unspecified atom stereocenters. The molecule has 1 amide bonds. The normalized spacial score (nSPS) is 12.5. The fraction of sp³-hybridized carbons (Fsp3) is 0.385. The molecular formula is C13H17NO6S. The molecule has 0 heterocycles. The van der Waals surface area contributed by atoms with Gasteiger partial charge >= 0.3 is 5.97 Å². The Bertz CT molecular complexity index is 625. The largest absolute Gasteiger partial charge is 0.482 e. The highest BCUT2D eigenvalue weighted by Gasteiger charge is 2.22. The van der Waals surface area contributed by atoms with Crippen molar-refractivity contribution in [3.05, 3.63) is 29.8 Å². The SMILES string of the molecule is CC(C(=O)NCc1cccc(OCC(=O)O)c1)S(C)(=O)=O. The van der Waals surface area contributed by atoms with Gasteiger partial charge in [0.25, 0.3) is 0 Å². The number of benzene rings is 1. The van der Waals surface area contributed by atoms with E-state index >= 15 is 0 Å². The molecule has 0 aliphatic rings. The van der Waals surface area contributed by atoms with Gasteiger partial charge in [-0.1, -0.05) is 12.1 Å². The maximum atomic E-state index is 11.7. The number of carbonyl (C=O) groups is 2. The smallest absolute Gasteiger partial charge is 0.341 e. The van der Waals surface area contributed by atoms with Crippen LogP contribution in [0.3, 0.4) is 0 Å². The molecule has 2 N–H and O–H groups in total. The average molecular weight is 315 g/mol. The standard InChI is InChI=1S/C13H17NO6S/c1-9(21(2,18)19)13(17)14-7-10-4-3-5-11(6-10)20-8-12(15)16/h3-6,9H,7-8H2,1-2H3,(H,14,17)(H,15,16). The molecule has 0 aliphatic heterocycles. The summed E-state index contributed by atoms with van der Waals surface area (Å²) in [6.07, 6.45) is 0.998. The van der Waals surface area contributed by atoms with E-state index in [9.17, 15) is 18.0 Å². The summed E-state index contributed by atoms with van der Waals surface area (Å²) >= 11 is 0. The molecule has 1 atom stereocenters. The minimum atomic E-state index is -3.43. The predicted molar refractivity (Wildman–Crippen MR) is 75.7 cm³/mol. The minimum Gasteiger partial charge on any atom is -0.482 e. The minimum absolute atomic E-state index is 0.128. The van der Waals surface area contributed by atoms with Crippen molar-refractivity contribution in [3.63, 3.8) is 0 Å². The van der Waals surface area contributed by atoms with Crippen LogP contribution in [0.5, 0.6) is 5.75 Å². The number of nitrogens with one attached hydrogen (secondary N) is 1. The van der Waals surface area contributed by atoms with Crippen LogP contribution in [-0.4, -0.2) is 43.5 Å². The number of carboxylic acids is 1. The van der Waals surface area contributed by atoms with E-state index in [2.05, 4.69) is 5.32 Å². The van der Waals surface area contributed by atoms with Crippen LogP contribution >= 0.6 is 0 Å². The highest BCUT2D eigenvalue weighted by molar-refractivity contribution is 7.92. The summed E-state index contributed by atoms with van der Waals surface area (Å²) in [5.41, 5.74) is 0.673. The van der Waals surface area contributed by atoms with Crippen molar-refractivity contribution in [1.82, 2.24) is 5.32 Å². The molecule has 0 aliphatic carbocycles. The van der Waals surface area contributed by atoms with Crippen LogP contribution in [0.1, 0.15) is 12.5 Å². The number of amides is 1. The van der Waals surface area contributed by atoms with E-state index < -0.39 is 33.6 Å². The van der Waals surface area contributed by atoms with Gasteiger partial charge in [-0.25, -0.2) is 13.2 Å². The van der Waals surface area contributed by atoms with E-state index in [-0.39, 0.29) is 6.54 Å². The first kappa shape index (κ1) is 17.0. The van der Waals surface area contributed by atoms with Crippen LogP contribution in [0.2, 0.25) is 0 Å². The number of sulfone groups is 1. The lowest BCUT2D eigenvalue weighted by Crippen LogP contribution is -2.36. The summed E-state index contributed by atoms with van der Waals surface area (Å²) in [4.78, 5) is 22.1. The molecule has 0 bridgehead atoms. The van der Waals surface area contributed by atoms with Crippen LogP contribution in [-0.2, 0) is 26.0 Å². The summed E-state index contributed by atoms with van der Waals surface area (Å²) in [6.45, 7) is 0.987. The van der Waals surface area contributed by atoms with Gasteiger partial charge in [0, 0.05) is 12.8 Å². The molecule has 0 saturated carbocycles. The lowest BCUT2D eigenvalue weighted by Gasteiger charge is -2.11. The average Bonchev–Trinajstić information content (AvgIpc) is 2.41. The van der Waals surface area contributed by atoms with Gasteiger partial charge in [-0.3, -0.25) is 4.79 Å². The molecule has 1 rings (SSSR count). The van der Waals surface area contributed by atoms with Gasteiger partial charge in [0.1, 0.15) is 11.0 Å². The summed E-state index contributed by atoms with van der Waals surface area (Å²) in [5, 5.41) is 9.90.